The molecule has 0 fully saturated rings. The number of nitro benzene ring substituents is 1. The lowest BCUT2D eigenvalue weighted by molar-refractivity contribution is -0.903. The molecule has 2 N–H and O–H groups in total. The van der Waals surface area contributed by atoms with Crippen molar-refractivity contribution < 1.29 is 23.7 Å². The first-order chi connectivity index (χ1) is 13.3. The standard InChI is InChI=1S/C20H24FN3O4/c1-5-23(11-15-7-9-18(28-4)16(21)10-15)12-19(25)22-20-14(3)13(2)6-8-17(20)24(26)27/h6-10H,5,11-12H2,1-4H3,(H,22,25)/p+1. The number of hydrogen-bond donors (Lipinski definition) is 2. The Morgan fingerprint density at radius 3 is 2.57 bits per heavy atom. The van der Waals surface area contributed by atoms with Crippen LogP contribution in [0.2, 0.25) is 0 Å². The number of carbonyl (C=O) groups excluding carboxylic acids is 1. The molecule has 150 valence electrons. The third-order valence-electron chi connectivity index (χ3n) is 4.76. The van der Waals surface area contributed by atoms with Crippen LogP contribution in [0.25, 0.3) is 0 Å². The number of nitro groups is 1. The Morgan fingerprint density at radius 1 is 1.29 bits per heavy atom. The van der Waals surface area contributed by atoms with Crippen LogP contribution in [0.1, 0.15) is 23.6 Å². The van der Waals surface area contributed by atoms with Crippen molar-refractivity contribution in [3.8, 4) is 5.75 Å². The van der Waals surface area contributed by atoms with E-state index in [9.17, 15) is 19.3 Å². The number of amides is 1. The molecule has 8 heteroatoms. The van der Waals surface area contributed by atoms with Gasteiger partial charge in [0, 0.05) is 11.6 Å². The number of hydrogen-bond acceptors (Lipinski definition) is 4. The van der Waals surface area contributed by atoms with Crippen molar-refractivity contribution in [2.75, 3.05) is 25.5 Å². The van der Waals surface area contributed by atoms with Gasteiger partial charge in [0.1, 0.15) is 12.2 Å². The minimum atomic E-state index is -0.507. The number of likely N-dealkylation sites (N-methyl/N-ethyl adjacent to an activating group) is 1. The van der Waals surface area contributed by atoms with Gasteiger partial charge in [0.25, 0.3) is 11.6 Å². The smallest absolute Gasteiger partial charge is 0.293 e. The van der Waals surface area contributed by atoms with Gasteiger partial charge in [-0.05, 0) is 50.1 Å². The summed E-state index contributed by atoms with van der Waals surface area (Å²) < 4.78 is 18.8. The van der Waals surface area contributed by atoms with Crippen LogP contribution >= 0.6 is 0 Å². The predicted molar refractivity (Wildman–Crippen MR) is 104 cm³/mol. The SMILES string of the molecule is CC[NH+](CC(=O)Nc1c([N+](=O)[O-])ccc(C)c1C)Cc1ccc(OC)c(F)c1. The Balaban J connectivity index is 2.12. The van der Waals surface area contributed by atoms with Crippen LogP contribution in [-0.2, 0) is 11.3 Å². The quantitative estimate of drug-likeness (QED) is 0.535. The number of aryl methyl sites for hydroxylation is 1. The lowest BCUT2D eigenvalue weighted by atomic mass is 10.1. The molecule has 2 rings (SSSR count). The summed E-state index contributed by atoms with van der Waals surface area (Å²) in [6.45, 7) is 6.67. The maximum Gasteiger partial charge on any atom is 0.293 e. The lowest BCUT2D eigenvalue weighted by Crippen LogP contribution is -3.11. The zero-order valence-corrected chi connectivity index (χ0v) is 16.5. The largest absolute Gasteiger partial charge is 0.494 e. The minimum absolute atomic E-state index is 0.106. The fourth-order valence-corrected chi connectivity index (χ4v) is 2.94. The fraction of sp³-hybridized carbons (Fsp3) is 0.350. The van der Waals surface area contributed by atoms with Crippen molar-refractivity contribution in [2.24, 2.45) is 0 Å². The van der Waals surface area contributed by atoms with Crippen LogP contribution in [0, 0.1) is 29.8 Å². The van der Waals surface area contributed by atoms with Crippen molar-refractivity contribution in [3.63, 3.8) is 0 Å². The van der Waals surface area contributed by atoms with Gasteiger partial charge in [0.05, 0.1) is 18.6 Å². The Hall–Kier alpha value is -3.00. The Labute approximate surface area is 163 Å². The summed E-state index contributed by atoms with van der Waals surface area (Å²) >= 11 is 0. The van der Waals surface area contributed by atoms with E-state index in [0.717, 1.165) is 16.0 Å². The van der Waals surface area contributed by atoms with E-state index in [1.54, 1.807) is 25.1 Å². The second-order valence-electron chi connectivity index (χ2n) is 6.63. The van der Waals surface area contributed by atoms with Gasteiger partial charge in [-0.2, -0.15) is 0 Å². The molecule has 2 aromatic rings. The van der Waals surface area contributed by atoms with Crippen LogP contribution in [0.4, 0.5) is 15.8 Å². The number of rotatable bonds is 8. The molecule has 2 aromatic carbocycles. The highest BCUT2D eigenvalue weighted by Gasteiger charge is 2.21. The average Bonchev–Trinajstić information content (AvgIpc) is 2.65. The number of nitrogens with zero attached hydrogens (tertiary/aromatic N) is 1. The molecule has 0 radical (unpaired) electrons. The van der Waals surface area contributed by atoms with Gasteiger partial charge >= 0.3 is 0 Å². The van der Waals surface area contributed by atoms with E-state index in [1.165, 1.54) is 19.2 Å². The Morgan fingerprint density at radius 2 is 2.00 bits per heavy atom. The van der Waals surface area contributed by atoms with Crippen molar-refractivity contribution in [1.29, 1.82) is 0 Å². The summed E-state index contributed by atoms with van der Waals surface area (Å²) in [4.78, 5) is 24.2. The van der Waals surface area contributed by atoms with Crippen LogP contribution in [0.15, 0.2) is 30.3 Å². The highest BCUT2D eigenvalue weighted by atomic mass is 19.1. The van der Waals surface area contributed by atoms with Gasteiger partial charge < -0.3 is 15.0 Å². The third-order valence-corrected chi connectivity index (χ3v) is 4.76. The Kier molecular flexibility index (Phi) is 7.06. The van der Waals surface area contributed by atoms with Gasteiger partial charge in [-0.25, -0.2) is 4.39 Å². The van der Waals surface area contributed by atoms with Crippen LogP contribution in [0.3, 0.4) is 0 Å². The normalized spacial score (nSPS) is 11.8. The van der Waals surface area contributed by atoms with Crippen LogP contribution in [0.5, 0.6) is 5.75 Å². The van der Waals surface area contributed by atoms with Crippen molar-refractivity contribution in [1.82, 2.24) is 0 Å². The molecule has 0 aliphatic heterocycles. The zero-order valence-electron chi connectivity index (χ0n) is 16.5. The number of methoxy groups -OCH3 is 1. The monoisotopic (exact) mass is 390 g/mol. The summed E-state index contributed by atoms with van der Waals surface area (Å²) in [6.07, 6.45) is 0. The van der Waals surface area contributed by atoms with Crippen molar-refractivity contribution >= 4 is 17.3 Å². The van der Waals surface area contributed by atoms with Crippen molar-refractivity contribution in [3.05, 3.63) is 63.0 Å². The molecule has 0 saturated heterocycles. The number of carbonyl (C=O) groups is 1. The van der Waals surface area contributed by atoms with Gasteiger partial charge in [-0.1, -0.05) is 6.07 Å². The molecule has 1 unspecified atom stereocenters. The summed E-state index contributed by atoms with van der Waals surface area (Å²) in [5.41, 5.74) is 2.35. The number of anilines is 1. The molecule has 0 heterocycles. The summed E-state index contributed by atoms with van der Waals surface area (Å²) in [7, 11) is 1.40. The van der Waals surface area contributed by atoms with E-state index in [-0.39, 0.29) is 29.6 Å². The molecule has 0 spiro atoms. The molecule has 0 aliphatic carbocycles. The van der Waals surface area contributed by atoms with Crippen LogP contribution in [-0.4, -0.2) is 31.0 Å². The van der Waals surface area contributed by atoms with Gasteiger partial charge in [0.2, 0.25) is 0 Å². The number of benzene rings is 2. The highest BCUT2D eigenvalue weighted by Crippen LogP contribution is 2.30. The molecule has 28 heavy (non-hydrogen) atoms. The summed E-state index contributed by atoms with van der Waals surface area (Å²) in [5, 5.41) is 14.0. The van der Waals surface area contributed by atoms with E-state index < -0.39 is 10.7 Å². The van der Waals surface area contributed by atoms with Gasteiger partial charge in [0.15, 0.2) is 18.1 Å². The first-order valence-corrected chi connectivity index (χ1v) is 8.97. The number of ether oxygens (including phenoxy) is 1. The minimum Gasteiger partial charge on any atom is -0.494 e. The molecule has 0 saturated carbocycles. The molecule has 0 bridgehead atoms. The van der Waals surface area contributed by atoms with Crippen molar-refractivity contribution in [2.45, 2.75) is 27.3 Å². The fourth-order valence-electron chi connectivity index (χ4n) is 2.94. The van der Waals surface area contributed by atoms with E-state index in [4.69, 9.17) is 4.74 Å². The lowest BCUT2D eigenvalue weighted by Gasteiger charge is -2.18. The molecule has 0 aliphatic rings. The molecule has 1 amide bonds. The van der Waals surface area contributed by atoms with Crippen LogP contribution < -0.4 is 15.0 Å². The predicted octanol–water partition coefficient (Wildman–Crippen LogP) is 2.40. The molecular weight excluding hydrogens is 365 g/mol. The summed E-state index contributed by atoms with van der Waals surface area (Å²) in [5.74, 6) is -0.615. The number of nitrogens with one attached hydrogen (secondary N) is 2. The number of quaternary nitrogens is 1. The maximum atomic E-state index is 13.9. The van der Waals surface area contributed by atoms with E-state index >= 15 is 0 Å². The molecule has 7 nitrogen and oxygen atoms in total. The summed E-state index contributed by atoms with van der Waals surface area (Å²) in [6, 6.07) is 7.75. The second-order valence-corrected chi connectivity index (χ2v) is 6.63. The molecule has 1 atom stereocenters. The van der Waals surface area contributed by atoms with E-state index in [0.29, 0.717) is 18.7 Å². The topological polar surface area (TPSA) is 85.9 Å². The van der Waals surface area contributed by atoms with E-state index in [2.05, 4.69) is 5.32 Å². The molecule has 0 aromatic heterocycles. The first kappa shape index (κ1) is 21.3. The highest BCUT2D eigenvalue weighted by molar-refractivity contribution is 5.95. The number of halogens is 1. The maximum absolute atomic E-state index is 13.9. The second kappa shape index (κ2) is 9.27. The zero-order chi connectivity index (χ0) is 20.8. The first-order valence-electron chi connectivity index (χ1n) is 8.97. The molecular formula is C20H25FN3O4+. The van der Waals surface area contributed by atoms with E-state index in [1.807, 2.05) is 13.8 Å². The van der Waals surface area contributed by atoms with Gasteiger partial charge in [-0.15, -0.1) is 0 Å². The average molecular weight is 390 g/mol. The Bertz CT molecular complexity index is 886. The van der Waals surface area contributed by atoms with Gasteiger partial charge in [-0.3, -0.25) is 14.9 Å². The third kappa shape index (κ3) is 5.04.